The van der Waals surface area contributed by atoms with Crippen molar-refractivity contribution in [3.8, 4) is 11.5 Å². The van der Waals surface area contributed by atoms with Gasteiger partial charge in [0.25, 0.3) is 0 Å². The highest BCUT2D eigenvalue weighted by molar-refractivity contribution is 5.38. The SMILES string of the molecule is CCc1ccccc1Oc1ccc(CO)cc1. The van der Waals surface area contributed by atoms with Crippen molar-refractivity contribution in [2.45, 2.75) is 20.0 Å². The van der Waals surface area contributed by atoms with Crippen LogP contribution in [0.5, 0.6) is 11.5 Å². The van der Waals surface area contributed by atoms with Crippen LogP contribution in [0.2, 0.25) is 0 Å². The monoisotopic (exact) mass is 228 g/mol. The number of ether oxygens (including phenoxy) is 1. The van der Waals surface area contributed by atoms with E-state index >= 15 is 0 Å². The zero-order valence-electron chi connectivity index (χ0n) is 9.89. The van der Waals surface area contributed by atoms with Gasteiger partial charge in [-0.2, -0.15) is 0 Å². The lowest BCUT2D eigenvalue weighted by Crippen LogP contribution is -1.90. The van der Waals surface area contributed by atoms with Crippen LogP contribution < -0.4 is 4.74 Å². The van der Waals surface area contributed by atoms with Crippen molar-refractivity contribution in [2.24, 2.45) is 0 Å². The normalized spacial score (nSPS) is 10.2. The number of aliphatic hydroxyl groups is 1. The second-order valence-corrected chi connectivity index (χ2v) is 3.87. The highest BCUT2D eigenvalue weighted by atomic mass is 16.5. The molecule has 0 aliphatic heterocycles. The van der Waals surface area contributed by atoms with Gasteiger partial charge in [0, 0.05) is 0 Å². The summed E-state index contributed by atoms with van der Waals surface area (Å²) in [5, 5.41) is 8.96. The third kappa shape index (κ3) is 2.86. The zero-order valence-corrected chi connectivity index (χ0v) is 9.89. The number of aliphatic hydroxyl groups excluding tert-OH is 1. The maximum absolute atomic E-state index is 8.96. The molecule has 0 spiro atoms. The van der Waals surface area contributed by atoms with E-state index in [9.17, 15) is 0 Å². The van der Waals surface area contributed by atoms with E-state index in [1.54, 1.807) is 0 Å². The highest BCUT2D eigenvalue weighted by Crippen LogP contribution is 2.25. The van der Waals surface area contributed by atoms with Crippen molar-refractivity contribution >= 4 is 0 Å². The Morgan fingerprint density at radius 1 is 1.00 bits per heavy atom. The molecule has 88 valence electrons. The summed E-state index contributed by atoms with van der Waals surface area (Å²) in [6.07, 6.45) is 0.949. The standard InChI is InChI=1S/C15H16O2/c1-2-13-5-3-4-6-15(13)17-14-9-7-12(11-16)8-10-14/h3-10,16H,2,11H2,1H3. The van der Waals surface area contributed by atoms with Crippen LogP contribution in [0.1, 0.15) is 18.1 Å². The fourth-order valence-corrected chi connectivity index (χ4v) is 1.69. The van der Waals surface area contributed by atoms with Gasteiger partial charge >= 0.3 is 0 Å². The van der Waals surface area contributed by atoms with E-state index in [1.165, 1.54) is 5.56 Å². The fourth-order valence-electron chi connectivity index (χ4n) is 1.69. The van der Waals surface area contributed by atoms with Crippen LogP contribution in [-0.4, -0.2) is 5.11 Å². The quantitative estimate of drug-likeness (QED) is 0.867. The molecule has 2 aromatic carbocycles. The van der Waals surface area contributed by atoms with Gasteiger partial charge in [0.2, 0.25) is 0 Å². The molecule has 0 bridgehead atoms. The van der Waals surface area contributed by atoms with Crippen LogP contribution >= 0.6 is 0 Å². The first-order valence-electron chi connectivity index (χ1n) is 5.79. The van der Waals surface area contributed by atoms with E-state index in [4.69, 9.17) is 9.84 Å². The summed E-state index contributed by atoms with van der Waals surface area (Å²) in [6, 6.07) is 15.5. The minimum Gasteiger partial charge on any atom is -0.457 e. The number of hydrogen-bond acceptors (Lipinski definition) is 2. The van der Waals surface area contributed by atoms with Gasteiger partial charge in [-0.25, -0.2) is 0 Å². The summed E-state index contributed by atoms with van der Waals surface area (Å²) < 4.78 is 5.82. The van der Waals surface area contributed by atoms with Crippen LogP contribution in [0.15, 0.2) is 48.5 Å². The number of rotatable bonds is 4. The van der Waals surface area contributed by atoms with Gasteiger partial charge in [0.05, 0.1) is 6.61 Å². The molecule has 0 aliphatic carbocycles. The minimum atomic E-state index is 0.0613. The molecule has 0 aliphatic rings. The van der Waals surface area contributed by atoms with Gasteiger partial charge in [-0.15, -0.1) is 0 Å². The molecule has 0 amide bonds. The maximum Gasteiger partial charge on any atom is 0.130 e. The zero-order chi connectivity index (χ0) is 12.1. The van der Waals surface area contributed by atoms with Crippen molar-refractivity contribution in [1.82, 2.24) is 0 Å². The molecule has 0 saturated heterocycles. The third-order valence-corrected chi connectivity index (χ3v) is 2.69. The molecular formula is C15H16O2. The summed E-state index contributed by atoms with van der Waals surface area (Å²) in [4.78, 5) is 0. The smallest absolute Gasteiger partial charge is 0.130 e. The predicted octanol–water partition coefficient (Wildman–Crippen LogP) is 3.53. The molecule has 0 saturated carbocycles. The van der Waals surface area contributed by atoms with E-state index in [2.05, 4.69) is 13.0 Å². The lowest BCUT2D eigenvalue weighted by atomic mass is 10.1. The summed E-state index contributed by atoms with van der Waals surface area (Å²) in [6.45, 7) is 2.17. The lowest BCUT2D eigenvalue weighted by molar-refractivity contribution is 0.281. The molecule has 0 aromatic heterocycles. The first-order chi connectivity index (χ1) is 8.33. The van der Waals surface area contributed by atoms with Gasteiger partial charge in [-0.05, 0) is 35.7 Å². The van der Waals surface area contributed by atoms with Crippen LogP contribution in [0, 0.1) is 0 Å². The van der Waals surface area contributed by atoms with Gasteiger partial charge in [-0.1, -0.05) is 37.3 Å². The van der Waals surface area contributed by atoms with E-state index < -0.39 is 0 Å². The van der Waals surface area contributed by atoms with Gasteiger partial charge in [0.15, 0.2) is 0 Å². The second kappa shape index (κ2) is 5.51. The Balaban J connectivity index is 2.19. The molecule has 1 N–H and O–H groups in total. The van der Waals surface area contributed by atoms with Crippen molar-refractivity contribution in [3.63, 3.8) is 0 Å². The Kier molecular flexibility index (Phi) is 3.78. The van der Waals surface area contributed by atoms with Gasteiger partial charge in [-0.3, -0.25) is 0 Å². The number of hydrogen-bond donors (Lipinski definition) is 1. The van der Waals surface area contributed by atoms with Crippen LogP contribution in [0.3, 0.4) is 0 Å². The number of benzene rings is 2. The molecule has 2 rings (SSSR count). The summed E-state index contributed by atoms with van der Waals surface area (Å²) in [5.41, 5.74) is 2.08. The Hall–Kier alpha value is -1.80. The second-order valence-electron chi connectivity index (χ2n) is 3.87. The Morgan fingerprint density at radius 2 is 1.71 bits per heavy atom. The molecule has 0 atom stereocenters. The van der Waals surface area contributed by atoms with E-state index in [1.807, 2.05) is 42.5 Å². The largest absolute Gasteiger partial charge is 0.457 e. The van der Waals surface area contributed by atoms with Crippen LogP contribution in [0.25, 0.3) is 0 Å². The summed E-state index contributed by atoms with van der Waals surface area (Å²) in [7, 11) is 0. The Labute approximate surface area is 101 Å². The Morgan fingerprint density at radius 3 is 2.35 bits per heavy atom. The van der Waals surface area contributed by atoms with E-state index in [0.717, 1.165) is 23.5 Å². The molecule has 2 heteroatoms. The van der Waals surface area contributed by atoms with Crippen molar-refractivity contribution in [3.05, 3.63) is 59.7 Å². The predicted molar refractivity (Wildman–Crippen MR) is 68.3 cm³/mol. The van der Waals surface area contributed by atoms with E-state index in [-0.39, 0.29) is 6.61 Å². The third-order valence-electron chi connectivity index (χ3n) is 2.69. The molecule has 0 radical (unpaired) electrons. The molecule has 0 fully saturated rings. The molecule has 17 heavy (non-hydrogen) atoms. The average Bonchev–Trinajstić information content (AvgIpc) is 2.40. The summed E-state index contributed by atoms with van der Waals surface area (Å²) >= 11 is 0. The maximum atomic E-state index is 8.96. The molecule has 2 aromatic rings. The average molecular weight is 228 g/mol. The van der Waals surface area contributed by atoms with Crippen molar-refractivity contribution in [2.75, 3.05) is 0 Å². The Bertz CT molecular complexity index is 475. The van der Waals surface area contributed by atoms with Gasteiger partial charge in [0.1, 0.15) is 11.5 Å². The minimum absolute atomic E-state index is 0.0613. The van der Waals surface area contributed by atoms with Crippen LogP contribution in [-0.2, 0) is 13.0 Å². The highest BCUT2D eigenvalue weighted by Gasteiger charge is 2.02. The van der Waals surface area contributed by atoms with Crippen molar-refractivity contribution < 1.29 is 9.84 Å². The molecule has 0 unspecified atom stereocenters. The topological polar surface area (TPSA) is 29.5 Å². The molecule has 0 heterocycles. The molecular weight excluding hydrogens is 212 g/mol. The van der Waals surface area contributed by atoms with E-state index in [0.29, 0.717) is 0 Å². The summed E-state index contributed by atoms with van der Waals surface area (Å²) in [5.74, 6) is 1.69. The first kappa shape index (κ1) is 11.7. The lowest BCUT2D eigenvalue weighted by Gasteiger charge is -2.09. The fraction of sp³-hybridized carbons (Fsp3) is 0.200. The number of para-hydroxylation sites is 1. The molecule has 2 nitrogen and oxygen atoms in total. The number of aryl methyl sites for hydroxylation is 1. The van der Waals surface area contributed by atoms with Gasteiger partial charge < -0.3 is 9.84 Å². The first-order valence-corrected chi connectivity index (χ1v) is 5.79. The van der Waals surface area contributed by atoms with Crippen molar-refractivity contribution in [1.29, 1.82) is 0 Å². The van der Waals surface area contributed by atoms with Crippen LogP contribution in [0.4, 0.5) is 0 Å².